The van der Waals surface area contributed by atoms with E-state index in [0.717, 1.165) is 103 Å². The quantitative estimate of drug-likeness (QED) is 0.629. The normalized spacial score (nSPS) is 22.5. The van der Waals surface area contributed by atoms with Crippen LogP contribution < -0.4 is 9.47 Å². The van der Waals surface area contributed by atoms with Gasteiger partial charge in [-0.3, -0.25) is 14.7 Å². The van der Waals surface area contributed by atoms with Crippen LogP contribution in [0.4, 0.5) is 0 Å². The van der Waals surface area contributed by atoms with Crippen LogP contribution >= 0.6 is 0 Å². The molecule has 3 saturated heterocycles. The molecule has 8 heteroatoms. The minimum atomic E-state index is 0.576. The Morgan fingerprint density at radius 2 is 1.03 bits per heavy atom. The van der Waals surface area contributed by atoms with E-state index < -0.39 is 0 Å². The number of morpholine rings is 3. The average molecular weight is 408 g/mol. The topological polar surface area (TPSA) is 55.9 Å². The number of rotatable bonds is 8. The Morgan fingerprint density at radius 3 is 1.48 bits per heavy atom. The van der Waals surface area contributed by atoms with Crippen molar-refractivity contribution in [3.8, 4) is 11.5 Å². The van der Waals surface area contributed by atoms with Crippen molar-refractivity contribution in [3.63, 3.8) is 0 Å². The lowest BCUT2D eigenvalue weighted by molar-refractivity contribution is 0.000733. The first-order chi connectivity index (χ1) is 14.4. The summed E-state index contributed by atoms with van der Waals surface area (Å²) in [6, 6.07) is 6.13. The van der Waals surface area contributed by atoms with Gasteiger partial charge in [-0.2, -0.15) is 0 Å². The molecule has 3 heterocycles. The van der Waals surface area contributed by atoms with Gasteiger partial charge in [0.25, 0.3) is 0 Å². The van der Waals surface area contributed by atoms with E-state index in [2.05, 4.69) is 26.8 Å². The molecule has 0 atom stereocenters. The highest BCUT2D eigenvalue weighted by molar-refractivity contribution is 5.44. The Morgan fingerprint density at radius 1 is 0.621 bits per heavy atom. The highest BCUT2D eigenvalue weighted by atomic mass is 16.5. The van der Waals surface area contributed by atoms with Crippen LogP contribution in [0.25, 0.3) is 0 Å². The van der Waals surface area contributed by atoms with Crippen LogP contribution in [0, 0.1) is 0 Å². The van der Waals surface area contributed by atoms with Crippen molar-refractivity contribution in [3.05, 3.63) is 23.8 Å². The molecular weight excluding hydrogens is 374 g/mol. The second-order valence-electron chi connectivity index (χ2n) is 7.63. The van der Waals surface area contributed by atoms with Gasteiger partial charge in [-0.1, -0.05) is 6.07 Å². The molecule has 0 spiro atoms. The van der Waals surface area contributed by atoms with Crippen molar-refractivity contribution < 1.29 is 23.7 Å². The van der Waals surface area contributed by atoms with Crippen molar-refractivity contribution in [1.82, 2.24) is 14.7 Å². The summed E-state index contributed by atoms with van der Waals surface area (Å²) in [6.07, 6.45) is 0. The van der Waals surface area contributed by atoms with Gasteiger partial charge in [0.05, 0.1) is 45.2 Å². The molecule has 0 amide bonds. The second-order valence-corrected chi connectivity index (χ2v) is 7.63. The molecule has 3 aliphatic heterocycles. The molecule has 0 saturated carbocycles. The van der Waals surface area contributed by atoms with E-state index in [-0.39, 0.29) is 0 Å². The van der Waals surface area contributed by atoms with Crippen LogP contribution in [0.15, 0.2) is 18.2 Å². The lowest BCUT2D eigenvalue weighted by Crippen LogP contribution is -2.39. The predicted octanol–water partition coefficient (Wildman–Crippen LogP) is 0.856. The van der Waals surface area contributed by atoms with E-state index in [1.807, 2.05) is 6.07 Å². The third kappa shape index (κ3) is 6.28. The summed E-state index contributed by atoms with van der Waals surface area (Å²) in [6.45, 7) is 12.1. The molecule has 0 N–H and O–H groups in total. The molecule has 8 nitrogen and oxygen atoms in total. The number of hydrogen-bond acceptors (Lipinski definition) is 8. The van der Waals surface area contributed by atoms with Gasteiger partial charge in [0.2, 0.25) is 0 Å². The second kappa shape index (κ2) is 11.1. The average Bonchev–Trinajstić information content (AvgIpc) is 2.79. The Kier molecular flexibility index (Phi) is 7.98. The van der Waals surface area contributed by atoms with Crippen LogP contribution in [-0.4, -0.2) is 107 Å². The summed E-state index contributed by atoms with van der Waals surface area (Å²) in [5.74, 6) is 1.81. The maximum Gasteiger partial charge on any atom is 0.142 e. The standard InChI is InChI=1S/C21H33N3O5/c1-2-20(28-17-23-6-12-26-13-7-23)19(16-22-4-10-25-11-5-22)21(3-1)29-18-24-8-14-27-15-9-24/h1-3H,4-18H2. The van der Waals surface area contributed by atoms with Crippen molar-refractivity contribution in [2.24, 2.45) is 0 Å². The molecule has 1 aromatic carbocycles. The molecule has 29 heavy (non-hydrogen) atoms. The molecular formula is C21H33N3O5. The van der Waals surface area contributed by atoms with E-state index in [0.29, 0.717) is 13.5 Å². The molecule has 0 unspecified atom stereocenters. The Hall–Kier alpha value is -1.42. The van der Waals surface area contributed by atoms with E-state index in [4.69, 9.17) is 23.7 Å². The van der Waals surface area contributed by atoms with Crippen LogP contribution in [-0.2, 0) is 20.8 Å². The van der Waals surface area contributed by atoms with Crippen LogP contribution in [0.5, 0.6) is 11.5 Å². The molecule has 0 aliphatic carbocycles. The van der Waals surface area contributed by atoms with E-state index in [1.54, 1.807) is 0 Å². The first-order valence-corrected chi connectivity index (χ1v) is 10.7. The fourth-order valence-electron chi connectivity index (χ4n) is 3.74. The minimum Gasteiger partial charge on any atom is -0.478 e. The lowest BCUT2D eigenvalue weighted by atomic mass is 10.1. The summed E-state index contributed by atoms with van der Waals surface area (Å²) in [7, 11) is 0. The van der Waals surface area contributed by atoms with Gasteiger partial charge in [-0.15, -0.1) is 0 Å². The minimum absolute atomic E-state index is 0.576. The van der Waals surface area contributed by atoms with Crippen LogP contribution in [0.3, 0.4) is 0 Å². The van der Waals surface area contributed by atoms with Crippen molar-refractivity contribution in [2.45, 2.75) is 6.54 Å². The summed E-state index contributed by atoms with van der Waals surface area (Å²) in [5.41, 5.74) is 1.12. The number of benzene rings is 1. The number of nitrogens with zero attached hydrogens (tertiary/aromatic N) is 3. The highest BCUT2D eigenvalue weighted by Crippen LogP contribution is 2.31. The molecule has 0 bridgehead atoms. The zero-order valence-corrected chi connectivity index (χ0v) is 17.2. The summed E-state index contributed by atoms with van der Waals surface area (Å²) in [4.78, 5) is 6.97. The molecule has 3 fully saturated rings. The van der Waals surface area contributed by atoms with Gasteiger partial charge >= 0.3 is 0 Å². The monoisotopic (exact) mass is 407 g/mol. The van der Waals surface area contributed by atoms with Gasteiger partial charge in [-0.25, -0.2) is 0 Å². The van der Waals surface area contributed by atoms with Gasteiger partial charge in [0.1, 0.15) is 25.0 Å². The Labute approximate surface area is 173 Å². The van der Waals surface area contributed by atoms with E-state index in [1.165, 1.54) is 0 Å². The molecule has 0 radical (unpaired) electrons. The van der Waals surface area contributed by atoms with Gasteiger partial charge in [-0.05, 0) is 12.1 Å². The third-order valence-electron chi connectivity index (χ3n) is 5.59. The molecule has 1 aromatic rings. The number of ether oxygens (including phenoxy) is 5. The lowest BCUT2D eigenvalue weighted by Gasteiger charge is -2.30. The maximum atomic E-state index is 6.25. The smallest absolute Gasteiger partial charge is 0.142 e. The van der Waals surface area contributed by atoms with Gasteiger partial charge < -0.3 is 23.7 Å². The van der Waals surface area contributed by atoms with Crippen LogP contribution in [0.2, 0.25) is 0 Å². The Balaban J connectivity index is 1.43. The third-order valence-corrected chi connectivity index (χ3v) is 5.59. The fraction of sp³-hybridized carbons (Fsp3) is 0.714. The molecule has 3 aliphatic rings. The van der Waals surface area contributed by atoms with E-state index >= 15 is 0 Å². The fourth-order valence-corrected chi connectivity index (χ4v) is 3.74. The molecule has 0 aromatic heterocycles. The van der Waals surface area contributed by atoms with Gasteiger partial charge in [0.15, 0.2) is 0 Å². The summed E-state index contributed by atoms with van der Waals surface area (Å²) >= 11 is 0. The molecule has 4 rings (SSSR count). The Bertz CT molecular complexity index is 574. The van der Waals surface area contributed by atoms with E-state index in [9.17, 15) is 0 Å². The first kappa shape index (κ1) is 20.8. The summed E-state index contributed by atoms with van der Waals surface area (Å²) in [5, 5.41) is 0. The zero-order valence-electron chi connectivity index (χ0n) is 17.2. The van der Waals surface area contributed by atoms with Crippen LogP contribution in [0.1, 0.15) is 5.56 Å². The van der Waals surface area contributed by atoms with Crippen molar-refractivity contribution >= 4 is 0 Å². The summed E-state index contributed by atoms with van der Waals surface area (Å²) < 4.78 is 28.9. The molecule has 162 valence electrons. The largest absolute Gasteiger partial charge is 0.478 e. The van der Waals surface area contributed by atoms with Crippen molar-refractivity contribution in [2.75, 3.05) is 92.4 Å². The maximum absolute atomic E-state index is 6.25. The van der Waals surface area contributed by atoms with Crippen molar-refractivity contribution in [1.29, 1.82) is 0 Å². The number of hydrogen-bond donors (Lipinski definition) is 0. The zero-order chi connectivity index (χ0) is 19.7. The first-order valence-electron chi connectivity index (χ1n) is 10.7. The van der Waals surface area contributed by atoms with Gasteiger partial charge in [0, 0.05) is 45.8 Å². The highest BCUT2D eigenvalue weighted by Gasteiger charge is 2.20. The predicted molar refractivity (Wildman–Crippen MR) is 108 cm³/mol. The SMILES string of the molecule is c1cc(OCN2CCOCC2)c(CN2CCOCC2)c(OCN2CCOCC2)c1.